The summed E-state index contributed by atoms with van der Waals surface area (Å²) in [6, 6.07) is 13.6. The fourth-order valence-corrected chi connectivity index (χ4v) is 3.64. The third-order valence-corrected chi connectivity index (χ3v) is 5.88. The van der Waals surface area contributed by atoms with Crippen LogP contribution in [-0.4, -0.2) is 32.2 Å². The van der Waals surface area contributed by atoms with E-state index in [0.717, 1.165) is 18.4 Å². The van der Waals surface area contributed by atoms with Gasteiger partial charge in [0.25, 0.3) is 5.91 Å². The largest absolute Gasteiger partial charge is 0.322 e. The maximum absolute atomic E-state index is 12.6. The molecule has 0 spiro atoms. The molecule has 0 aliphatic heterocycles. The zero-order valence-electron chi connectivity index (χ0n) is 14.8. The van der Waals surface area contributed by atoms with Gasteiger partial charge in [-0.05, 0) is 43.2 Å². The molecule has 0 fully saturated rings. The van der Waals surface area contributed by atoms with Gasteiger partial charge in [-0.25, -0.2) is 12.7 Å². The number of carbonyl (C=O) groups excluding carboxylic acids is 1. The van der Waals surface area contributed by atoms with Gasteiger partial charge in [-0.2, -0.15) is 0 Å². The number of carbonyl (C=O) groups is 1. The minimum Gasteiger partial charge on any atom is -0.322 e. The number of nitrogens with zero attached hydrogens (tertiary/aromatic N) is 1. The number of anilines is 1. The highest BCUT2D eigenvalue weighted by atomic mass is 32.2. The Morgan fingerprint density at radius 1 is 1.12 bits per heavy atom. The van der Waals surface area contributed by atoms with Crippen molar-refractivity contribution >= 4 is 21.6 Å². The Hall–Kier alpha value is -2.18. The van der Waals surface area contributed by atoms with Crippen LogP contribution in [-0.2, 0) is 10.0 Å². The summed E-state index contributed by atoms with van der Waals surface area (Å²) in [5.74, 6) is -0.331. The molecule has 25 heavy (non-hydrogen) atoms. The summed E-state index contributed by atoms with van der Waals surface area (Å²) in [6.45, 7) is 4.37. The molecule has 5 nitrogen and oxygen atoms in total. The second kappa shape index (κ2) is 8.27. The second-order valence-electron chi connectivity index (χ2n) is 5.98. The lowest BCUT2D eigenvalue weighted by Crippen LogP contribution is -2.28. The van der Waals surface area contributed by atoms with Crippen molar-refractivity contribution in [2.24, 2.45) is 0 Å². The Balaban J connectivity index is 2.23. The van der Waals surface area contributed by atoms with Crippen molar-refractivity contribution in [1.29, 1.82) is 0 Å². The fourth-order valence-electron chi connectivity index (χ4n) is 2.39. The number of para-hydroxylation sites is 1. The minimum absolute atomic E-state index is 0.128. The van der Waals surface area contributed by atoms with Gasteiger partial charge in [-0.3, -0.25) is 4.79 Å². The first-order chi connectivity index (χ1) is 11.9. The molecule has 2 aromatic rings. The number of unbranched alkanes of at least 4 members (excludes halogenated alkanes) is 1. The van der Waals surface area contributed by atoms with Crippen LogP contribution in [0.2, 0.25) is 0 Å². The van der Waals surface area contributed by atoms with Crippen LogP contribution >= 0.6 is 0 Å². The maximum Gasteiger partial charge on any atom is 0.255 e. The number of aryl methyl sites for hydroxylation is 1. The van der Waals surface area contributed by atoms with Gasteiger partial charge >= 0.3 is 0 Å². The zero-order chi connectivity index (χ0) is 18.4. The molecule has 0 unspecified atom stereocenters. The van der Waals surface area contributed by atoms with Crippen LogP contribution in [0.3, 0.4) is 0 Å². The van der Waals surface area contributed by atoms with Gasteiger partial charge in [0, 0.05) is 24.8 Å². The molecule has 0 heterocycles. The van der Waals surface area contributed by atoms with Gasteiger partial charge in [0.15, 0.2) is 0 Å². The highest BCUT2D eigenvalue weighted by Crippen LogP contribution is 2.19. The van der Waals surface area contributed by atoms with Crippen molar-refractivity contribution in [3.63, 3.8) is 0 Å². The molecule has 0 bridgehead atoms. The van der Waals surface area contributed by atoms with Gasteiger partial charge in [-0.1, -0.05) is 37.6 Å². The third kappa shape index (κ3) is 4.67. The van der Waals surface area contributed by atoms with Crippen LogP contribution in [0.15, 0.2) is 53.4 Å². The molecule has 0 saturated heterocycles. The van der Waals surface area contributed by atoms with E-state index in [-0.39, 0.29) is 10.8 Å². The van der Waals surface area contributed by atoms with E-state index in [2.05, 4.69) is 5.32 Å². The first kappa shape index (κ1) is 19.1. The summed E-state index contributed by atoms with van der Waals surface area (Å²) in [6.07, 6.45) is 1.71. The molecule has 0 atom stereocenters. The highest BCUT2D eigenvalue weighted by Gasteiger charge is 2.21. The molecule has 2 rings (SSSR count). The van der Waals surface area contributed by atoms with Crippen LogP contribution in [0.1, 0.15) is 35.7 Å². The summed E-state index contributed by atoms with van der Waals surface area (Å²) < 4.78 is 26.6. The van der Waals surface area contributed by atoms with Crippen LogP contribution in [0.25, 0.3) is 0 Å². The van der Waals surface area contributed by atoms with Gasteiger partial charge < -0.3 is 5.32 Å². The Kier molecular flexibility index (Phi) is 6.33. The number of amides is 1. The van der Waals surface area contributed by atoms with E-state index in [1.807, 2.05) is 38.1 Å². The number of rotatable bonds is 7. The van der Waals surface area contributed by atoms with Crippen molar-refractivity contribution < 1.29 is 13.2 Å². The number of sulfonamides is 1. The van der Waals surface area contributed by atoms with Crippen molar-refractivity contribution in [3.8, 4) is 0 Å². The third-order valence-electron chi connectivity index (χ3n) is 4.02. The fraction of sp³-hybridized carbons (Fsp3) is 0.316. The van der Waals surface area contributed by atoms with Crippen molar-refractivity contribution in [1.82, 2.24) is 4.31 Å². The van der Waals surface area contributed by atoms with Crippen molar-refractivity contribution in [2.45, 2.75) is 31.6 Å². The monoisotopic (exact) mass is 360 g/mol. The predicted molar refractivity (Wildman–Crippen MR) is 100 cm³/mol. The standard InChI is InChI=1S/C19H24N2O3S/c1-4-5-13-21(3)25(23,24)17-11-8-10-16(14-17)19(22)20-18-12-7-6-9-15(18)2/h6-12,14H,4-5,13H2,1-3H3,(H,20,22). The van der Waals surface area contributed by atoms with Crippen molar-refractivity contribution in [2.75, 3.05) is 18.9 Å². The van der Waals surface area contributed by atoms with Crippen LogP contribution in [0, 0.1) is 6.92 Å². The van der Waals surface area contributed by atoms with E-state index in [1.54, 1.807) is 19.2 Å². The van der Waals surface area contributed by atoms with E-state index in [1.165, 1.54) is 16.4 Å². The SMILES string of the molecule is CCCCN(C)S(=O)(=O)c1cccc(C(=O)Nc2ccccc2C)c1. The van der Waals surface area contributed by atoms with Crippen molar-refractivity contribution in [3.05, 3.63) is 59.7 Å². The molecule has 0 radical (unpaired) electrons. The summed E-state index contributed by atoms with van der Waals surface area (Å²) in [5.41, 5.74) is 1.97. The Labute approximate surface area is 149 Å². The lowest BCUT2D eigenvalue weighted by atomic mass is 10.1. The maximum atomic E-state index is 12.6. The normalized spacial score (nSPS) is 11.5. The van der Waals surface area contributed by atoms with Crippen LogP contribution in [0.5, 0.6) is 0 Å². The zero-order valence-corrected chi connectivity index (χ0v) is 15.6. The van der Waals surface area contributed by atoms with E-state index >= 15 is 0 Å². The lowest BCUT2D eigenvalue weighted by molar-refractivity contribution is 0.102. The number of hydrogen-bond donors (Lipinski definition) is 1. The molecule has 1 amide bonds. The molecule has 0 aliphatic carbocycles. The number of nitrogens with one attached hydrogen (secondary N) is 1. The molecular weight excluding hydrogens is 336 g/mol. The summed E-state index contributed by atoms with van der Waals surface area (Å²) in [5, 5.41) is 2.82. The van der Waals surface area contributed by atoms with E-state index < -0.39 is 10.0 Å². The lowest BCUT2D eigenvalue weighted by Gasteiger charge is -2.17. The summed E-state index contributed by atoms with van der Waals surface area (Å²) in [4.78, 5) is 12.6. The van der Waals surface area contributed by atoms with Gasteiger partial charge in [-0.15, -0.1) is 0 Å². The molecular formula is C19H24N2O3S. The molecule has 0 aromatic heterocycles. The quantitative estimate of drug-likeness (QED) is 0.819. The number of hydrogen-bond acceptors (Lipinski definition) is 3. The summed E-state index contributed by atoms with van der Waals surface area (Å²) in [7, 11) is -2.03. The molecule has 1 N–H and O–H groups in total. The molecule has 134 valence electrons. The average molecular weight is 360 g/mol. The van der Waals surface area contributed by atoms with Gasteiger partial charge in [0.1, 0.15) is 0 Å². The first-order valence-electron chi connectivity index (χ1n) is 8.29. The Morgan fingerprint density at radius 2 is 1.84 bits per heavy atom. The first-order valence-corrected chi connectivity index (χ1v) is 9.73. The second-order valence-corrected chi connectivity index (χ2v) is 8.02. The molecule has 0 aliphatic rings. The van der Waals surface area contributed by atoms with Crippen LogP contribution in [0.4, 0.5) is 5.69 Å². The average Bonchev–Trinajstić information content (AvgIpc) is 2.61. The van der Waals surface area contributed by atoms with E-state index in [4.69, 9.17) is 0 Å². The van der Waals surface area contributed by atoms with Gasteiger partial charge in [0.2, 0.25) is 10.0 Å². The predicted octanol–water partition coefficient (Wildman–Crippen LogP) is 3.67. The van der Waals surface area contributed by atoms with Crippen LogP contribution < -0.4 is 5.32 Å². The highest BCUT2D eigenvalue weighted by molar-refractivity contribution is 7.89. The minimum atomic E-state index is -3.59. The smallest absolute Gasteiger partial charge is 0.255 e. The molecule has 2 aromatic carbocycles. The number of benzene rings is 2. The molecule has 6 heteroatoms. The summed E-state index contributed by atoms with van der Waals surface area (Å²) >= 11 is 0. The van der Waals surface area contributed by atoms with E-state index in [0.29, 0.717) is 17.8 Å². The van der Waals surface area contributed by atoms with Gasteiger partial charge in [0.05, 0.1) is 4.90 Å². The van der Waals surface area contributed by atoms with E-state index in [9.17, 15) is 13.2 Å². The Bertz CT molecular complexity index is 847. The topological polar surface area (TPSA) is 66.5 Å². The Morgan fingerprint density at radius 3 is 2.52 bits per heavy atom. The molecule has 0 saturated carbocycles.